The summed E-state index contributed by atoms with van der Waals surface area (Å²) in [5.41, 5.74) is 10.1. The first-order valence-electron chi connectivity index (χ1n) is 14.6. The average molecular weight is 597 g/mol. The van der Waals surface area contributed by atoms with Crippen LogP contribution in [0.3, 0.4) is 0 Å². The Bertz CT molecular complexity index is 2440. The third-order valence-corrected chi connectivity index (χ3v) is 8.26. The van der Waals surface area contributed by atoms with Crippen LogP contribution in [0.4, 0.5) is 0 Å². The Balaban J connectivity index is 1.54. The molecule has 0 aliphatic heterocycles. The lowest BCUT2D eigenvalue weighted by atomic mass is 9.97. The Hall–Kier alpha value is -7.43. The maximum Gasteiger partial charge on any atom is 0.0992 e. The molecule has 47 heavy (non-hydrogen) atoms. The summed E-state index contributed by atoms with van der Waals surface area (Å²) in [5.74, 6) is 0. The van der Waals surface area contributed by atoms with Crippen molar-refractivity contribution in [1.29, 1.82) is 26.3 Å². The summed E-state index contributed by atoms with van der Waals surface area (Å²) >= 11 is 0. The standard InChI is InChI=1S/C41H20N6/c42-21-26-4-3-5-33(14-26)36-6-1-2-7-39(36)47-40-10-8-31(34-15-27(22-43)12-28(16-34)23-44)19-37(40)38-20-32(9-11-41(38)47)35-17-29(24-45)13-30(18-35)25-46/h1-20H. The lowest BCUT2D eigenvalue weighted by Crippen LogP contribution is -1.97. The lowest BCUT2D eigenvalue weighted by molar-refractivity contribution is 1.18. The number of hydrogen-bond acceptors (Lipinski definition) is 5. The fraction of sp³-hybridized carbons (Fsp3) is 0. The van der Waals surface area contributed by atoms with Crippen LogP contribution in [-0.2, 0) is 0 Å². The third kappa shape index (κ3) is 5.00. The molecule has 6 heteroatoms. The molecule has 7 rings (SSSR count). The third-order valence-electron chi connectivity index (χ3n) is 8.26. The Kier molecular flexibility index (Phi) is 6.98. The second-order valence-corrected chi connectivity index (χ2v) is 11.1. The van der Waals surface area contributed by atoms with Gasteiger partial charge in [0.25, 0.3) is 0 Å². The van der Waals surface area contributed by atoms with Crippen LogP contribution in [-0.4, -0.2) is 4.57 Å². The topological polar surface area (TPSA) is 124 Å². The summed E-state index contributed by atoms with van der Waals surface area (Å²) in [5, 5.41) is 49.9. The molecule has 1 aromatic heterocycles. The Morgan fingerprint density at radius 3 is 1.32 bits per heavy atom. The highest BCUT2D eigenvalue weighted by molar-refractivity contribution is 6.12. The van der Waals surface area contributed by atoms with Gasteiger partial charge in [-0.15, -0.1) is 0 Å². The van der Waals surface area contributed by atoms with Crippen molar-refractivity contribution in [3.05, 3.63) is 149 Å². The van der Waals surface area contributed by atoms with Gasteiger partial charge in [-0.2, -0.15) is 26.3 Å². The highest BCUT2D eigenvalue weighted by atomic mass is 15.0. The summed E-state index contributed by atoms with van der Waals surface area (Å²) in [6, 6.07) is 48.9. The fourth-order valence-electron chi connectivity index (χ4n) is 6.16. The maximum atomic E-state index is 9.62. The summed E-state index contributed by atoms with van der Waals surface area (Å²) in [4.78, 5) is 0. The molecule has 214 valence electrons. The van der Waals surface area contributed by atoms with Crippen LogP contribution in [0.25, 0.3) is 60.9 Å². The van der Waals surface area contributed by atoms with Gasteiger partial charge in [-0.25, -0.2) is 0 Å². The van der Waals surface area contributed by atoms with E-state index in [-0.39, 0.29) is 0 Å². The van der Waals surface area contributed by atoms with Gasteiger partial charge in [0.05, 0.1) is 74.9 Å². The Labute approximate surface area is 270 Å². The number of rotatable bonds is 4. The predicted octanol–water partition coefficient (Wildman–Crippen LogP) is 9.14. The zero-order valence-electron chi connectivity index (χ0n) is 24.7. The van der Waals surface area contributed by atoms with Crippen molar-refractivity contribution < 1.29 is 0 Å². The number of nitrogens with zero attached hydrogens (tertiary/aromatic N) is 6. The molecule has 6 aromatic carbocycles. The van der Waals surface area contributed by atoms with Crippen LogP contribution in [0.2, 0.25) is 0 Å². The van der Waals surface area contributed by atoms with Gasteiger partial charge >= 0.3 is 0 Å². The molecule has 0 bridgehead atoms. The van der Waals surface area contributed by atoms with Crippen molar-refractivity contribution in [2.45, 2.75) is 0 Å². The van der Waals surface area contributed by atoms with Crippen molar-refractivity contribution >= 4 is 21.8 Å². The zero-order valence-corrected chi connectivity index (χ0v) is 24.7. The molecule has 0 N–H and O–H groups in total. The number of hydrogen-bond donors (Lipinski definition) is 0. The van der Waals surface area contributed by atoms with Crippen LogP contribution >= 0.6 is 0 Å². The molecule has 1 heterocycles. The van der Waals surface area contributed by atoms with Gasteiger partial charge in [-0.1, -0.05) is 42.5 Å². The van der Waals surface area contributed by atoms with E-state index in [0.29, 0.717) is 27.8 Å². The molecule has 6 nitrogen and oxygen atoms in total. The predicted molar refractivity (Wildman–Crippen MR) is 181 cm³/mol. The molecule has 0 aliphatic carbocycles. The molecule has 0 amide bonds. The van der Waals surface area contributed by atoms with Gasteiger partial charge in [0.15, 0.2) is 0 Å². The molecule has 0 saturated carbocycles. The SMILES string of the molecule is N#Cc1cc(C#N)cc(-c2ccc3c(c2)c2cc(-c4cc(C#N)cc(C#N)c4)ccc2n3-c2ccccc2-c2cccc(C#N)c2)c1. The minimum atomic E-state index is 0.406. The Morgan fingerprint density at radius 2 is 0.830 bits per heavy atom. The number of nitriles is 5. The zero-order chi connectivity index (χ0) is 32.5. The van der Waals surface area contributed by atoms with Gasteiger partial charge in [-0.05, 0) is 107 Å². The lowest BCUT2D eigenvalue weighted by Gasteiger charge is -2.14. The van der Waals surface area contributed by atoms with Crippen LogP contribution in [0, 0.1) is 56.7 Å². The molecule has 0 saturated heterocycles. The number of fused-ring (bicyclic) bond motifs is 3. The molecule has 0 radical (unpaired) electrons. The van der Waals surface area contributed by atoms with Gasteiger partial charge in [0.2, 0.25) is 0 Å². The Morgan fingerprint density at radius 1 is 0.362 bits per heavy atom. The highest BCUT2D eigenvalue weighted by Crippen LogP contribution is 2.40. The number of para-hydroxylation sites is 1. The van der Waals surface area contributed by atoms with E-state index in [4.69, 9.17) is 0 Å². The fourth-order valence-corrected chi connectivity index (χ4v) is 6.16. The van der Waals surface area contributed by atoms with Crippen LogP contribution in [0.5, 0.6) is 0 Å². The van der Waals surface area contributed by atoms with Crippen molar-refractivity contribution in [2.75, 3.05) is 0 Å². The van der Waals surface area contributed by atoms with Crippen LogP contribution in [0.15, 0.2) is 121 Å². The minimum absolute atomic E-state index is 0.406. The van der Waals surface area contributed by atoms with Gasteiger partial charge < -0.3 is 4.57 Å². The molecular formula is C41H20N6. The van der Waals surface area contributed by atoms with Gasteiger partial charge in [-0.3, -0.25) is 0 Å². The van der Waals surface area contributed by atoms with Crippen molar-refractivity contribution in [3.8, 4) is 69.4 Å². The van der Waals surface area contributed by atoms with Gasteiger partial charge in [0, 0.05) is 16.3 Å². The normalized spacial score (nSPS) is 10.4. The number of benzene rings is 6. The van der Waals surface area contributed by atoms with E-state index in [1.54, 1.807) is 42.5 Å². The second-order valence-electron chi connectivity index (χ2n) is 11.1. The summed E-state index contributed by atoms with van der Waals surface area (Å²) in [6.45, 7) is 0. The quantitative estimate of drug-likeness (QED) is 0.200. The molecular weight excluding hydrogens is 576 g/mol. The van der Waals surface area contributed by atoms with E-state index < -0.39 is 0 Å². The molecule has 0 atom stereocenters. The largest absolute Gasteiger partial charge is 0.309 e. The maximum absolute atomic E-state index is 9.62. The molecule has 0 fully saturated rings. The average Bonchev–Trinajstić information content (AvgIpc) is 3.47. The smallest absolute Gasteiger partial charge is 0.0992 e. The monoisotopic (exact) mass is 596 g/mol. The first-order valence-corrected chi connectivity index (χ1v) is 14.6. The van der Waals surface area contributed by atoms with E-state index in [9.17, 15) is 26.3 Å². The molecule has 0 spiro atoms. The molecule has 7 aromatic rings. The van der Waals surface area contributed by atoms with Crippen molar-refractivity contribution in [1.82, 2.24) is 4.57 Å². The summed E-state index contributed by atoms with van der Waals surface area (Å²) < 4.78 is 2.20. The van der Waals surface area contributed by atoms with E-state index in [1.807, 2.05) is 60.7 Å². The second kappa shape index (κ2) is 11.6. The highest BCUT2D eigenvalue weighted by Gasteiger charge is 2.18. The van der Waals surface area contributed by atoms with Crippen LogP contribution < -0.4 is 0 Å². The van der Waals surface area contributed by atoms with E-state index in [2.05, 4.69) is 53.1 Å². The minimum Gasteiger partial charge on any atom is -0.309 e. The van der Waals surface area contributed by atoms with E-state index >= 15 is 0 Å². The van der Waals surface area contributed by atoms with Gasteiger partial charge in [0.1, 0.15) is 0 Å². The van der Waals surface area contributed by atoms with E-state index in [0.717, 1.165) is 60.9 Å². The first-order chi connectivity index (χ1) is 23.0. The molecule has 0 aliphatic rings. The van der Waals surface area contributed by atoms with Crippen LogP contribution in [0.1, 0.15) is 27.8 Å². The first kappa shape index (κ1) is 28.3. The van der Waals surface area contributed by atoms with Crippen molar-refractivity contribution in [2.24, 2.45) is 0 Å². The summed E-state index contributed by atoms with van der Waals surface area (Å²) in [7, 11) is 0. The number of aromatic nitrogens is 1. The van der Waals surface area contributed by atoms with Crippen molar-refractivity contribution in [3.63, 3.8) is 0 Å². The van der Waals surface area contributed by atoms with E-state index in [1.165, 1.54) is 0 Å². The molecule has 0 unspecified atom stereocenters. The summed E-state index contributed by atoms with van der Waals surface area (Å²) in [6.07, 6.45) is 0.